The molecule has 1 amide bonds. The van der Waals surface area contributed by atoms with Gasteiger partial charge < -0.3 is 20.1 Å². The third-order valence-electron chi connectivity index (χ3n) is 4.85. The second-order valence-electron chi connectivity index (χ2n) is 6.82. The number of hydrogen-bond donors (Lipinski definition) is 1. The number of carbonyl (C=O) groups is 1. The first-order valence-electron chi connectivity index (χ1n) is 12.9. The van der Waals surface area contributed by atoms with Crippen molar-refractivity contribution in [3.05, 3.63) is 57.8 Å². The van der Waals surface area contributed by atoms with Crippen LogP contribution < -0.4 is 10.2 Å². The van der Waals surface area contributed by atoms with Gasteiger partial charge >= 0.3 is 0 Å². The molecule has 5 rings (SSSR count). The molecule has 29 heavy (non-hydrogen) atoms. The molecule has 1 aromatic heterocycles. The van der Waals surface area contributed by atoms with E-state index < -0.39 is 37.2 Å². The van der Waals surface area contributed by atoms with Crippen molar-refractivity contribution in [1.29, 1.82) is 0 Å². The molecular weight excluding hydrogens is 408 g/mol. The number of benzene rings is 2. The average molecular weight is 437 g/mol. The maximum absolute atomic E-state index is 14.2. The lowest BCUT2D eigenvalue weighted by atomic mass is 10.1. The summed E-state index contributed by atoms with van der Waals surface area (Å²) in [5, 5.41) is 17.3. The van der Waals surface area contributed by atoms with Crippen LogP contribution >= 0.6 is 23.1 Å². The summed E-state index contributed by atoms with van der Waals surface area (Å²) in [7, 11) is 0. The molecule has 0 bridgehead atoms. The van der Waals surface area contributed by atoms with Gasteiger partial charge in [0.2, 0.25) is 5.91 Å². The number of nitrogens with zero attached hydrogens (tertiary/aromatic N) is 3. The molecule has 0 aliphatic carbocycles. The number of quaternary nitrogens is 1. The van der Waals surface area contributed by atoms with Gasteiger partial charge in [-0.3, -0.25) is 4.79 Å². The Morgan fingerprint density at radius 2 is 2.10 bits per heavy atom. The predicted molar refractivity (Wildman–Crippen MR) is 118 cm³/mol. The van der Waals surface area contributed by atoms with Crippen molar-refractivity contribution >= 4 is 50.6 Å². The van der Waals surface area contributed by atoms with Crippen LogP contribution in [0.1, 0.15) is 22.1 Å². The fourth-order valence-electron chi connectivity index (χ4n) is 3.34. The van der Waals surface area contributed by atoms with Crippen LogP contribution in [0.25, 0.3) is 10.1 Å². The monoisotopic (exact) mass is 436 g/mol. The minimum atomic E-state index is -3.48. The first kappa shape index (κ1) is 11.9. The summed E-state index contributed by atoms with van der Waals surface area (Å²) in [6.07, 6.45) is -0.200. The highest BCUT2D eigenvalue weighted by Gasteiger charge is 2.28. The van der Waals surface area contributed by atoms with Gasteiger partial charge in [-0.1, -0.05) is 29.8 Å². The van der Waals surface area contributed by atoms with E-state index in [-0.39, 0.29) is 29.6 Å². The Bertz CT molecular complexity index is 1400. The predicted octanol–water partition coefficient (Wildman–Crippen LogP) is 3.82. The number of halogens is 1. The normalized spacial score (nSPS) is 29.2. The lowest BCUT2D eigenvalue weighted by molar-refractivity contribution is -0.881. The molecule has 1 N–H and O–H groups in total. The third-order valence-corrected chi connectivity index (χ3v) is 6.02. The summed E-state index contributed by atoms with van der Waals surface area (Å²) in [6.45, 7) is -14.4. The standard InChI is InChI=1S/C21H21ClN4O2S/c22-17-13-18-15(12-20(27)23-18)11-14(17)5-8-26(28)9-6-25(7-10-26)21-16-3-1-2-4-19(16)29-24-21/h1-4,11,13H,5-10,12H2,(H,23,27)/i6D2,7D2,9D2,10D2. The van der Waals surface area contributed by atoms with Crippen LogP contribution in [-0.2, 0) is 17.6 Å². The van der Waals surface area contributed by atoms with Crippen molar-refractivity contribution in [2.45, 2.75) is 12.8 Å². The molecule has 2 aromatic carbocycles. The zero-order chi connectivity index (χ0) is 27.2. The summed E-state index contributed by atoms with van der Waals surface area (Å²) in [5.41, 5.74) is 1.46. The van der Waals surface area contributed by atoms with Crippen LogP contribution in [-0.4, -0.2) is 47.5 Å². The molecule has 0 saturated carbocycles. The molecule has 2 aliphatic heterocycles. The fourth-order valence-corrected chi connectivity index (χ4v) is 4.36. The Kier molecular flexibility index (Phi) is 2.96. The highest BCUT2D eigenvalue weighted by atomic mass is 35.5. The summed E-state index contributed by atoms with van der Waals surface area (Å²) in [4.78, 5) is 12.0. The van der Waals surface area contributed by atoms with Crippen molar-refractivity contribution < 1.29 is 20.4 Å². The molecule has 6 nitrogen and oxygen atoms in total. The van der Waals surface area contributed by atoms with Crippen molar-refractivity contribution in [2.24, 2.45) is 0 Å². The van der Waals surface area contributed by atoms with Crippen LogP contribution in [0, 0.1) is 5.21 Å². The molecule has 3 aromatic rings. The zero-order valence-corrected chi connectivity index (χ0v) is 16.6. The Hall–Kier alpha value is -2.19. The van der Waals surface area contributed by atoms with Gasteiger partial charge in [0.15, 0.2) is 5.82 Å². The van der Waals surface area contributed by atoms with Crippen LogP contribution in [0.5, 0.6) is 0 Å². The lowest BCUT2D eigenvalue weighted by Crippen LogP contribution is -2.57. The van der Waals surface area contributed by atoms with Gasteiger partial charge in [0.25, 0.3) is 0 Å². The highest BCUT2D eigenvalue weighted by molar-refractivity contribution is 7.13. The number of fused-ring (bicyclic) bond motifs is 2. The van der Waals surface area contributed by atoms with E-state index in [2.05, 4.69) is 9.69 Å². The van der Waals surface area contributed by atoms with Gasteiger partial charge in [0.05, 0.1) is 54.6 Å². The van der Waals surface area contributed by atoms with E-state index in [0.717, 1.165) is 11.5 Å². The molecule has 0 radical (unpaired) electrons. The number of carbonyl (C=O) groups excluding carboxylic acids is 1. The van der Waals surface area contributed by atoms with Gasteiger partial charge in [-0.25, -0.2) is 0 Å². The smallest absolute Gasteiger partial charge is 0.228 e. The first-order chi connectivity index (χ1) is 17.1. The van der Waals surface area contributed by atoms with E-state index in [9.17, 15) is 10.0 Å². The molecule has 2 aliphatic rings. The van der Waals surface area contributed by atoms with Gasteiger partial charge in [0.1, 0.15) is 0 Å². The van der Waals surface area contributed by atoms with Crippen LogP contribution in [0.4, 0.5) is 11.5 Å². The molecular formula is C21H21ClN4O2S. The summed E-state index contributed by atoms with van der Waals surface area (Å²) >= 11 is 7.24. The number of hydrogen-bond acceptors (Lipinski definition) is 5. The Morgan fingerprint density at radius 1 is 1.31 bits per heavy atom. The number of aromatic nitrogens is 1. The fraction of sp³-hybridized carbons (Fsp3) is 0.333. The molecule has 1 saturated heterocycles. The van der Waals surface area contributed by atoms with Crippen molar-refractivity contribution in [1.82, 2.24) is 4.37 Å². The topological polar surface area (TPSA) is 68.3 Å². The quantitative estimate of drug-likeness (QED) is 0.498. The second-order valence-corrected chi connectivity index (χ2v) is 8.04. The Labute approximate surface area is 189 Å². The van der Waals surface area contributed by atoms with Gasteiger partial charge in [0, 0.05) is 22.5 Å². The van der Waals surface area contributed by atoms with Crippen LogP contribution in [0.15, 0.2) is 36.4 Å². The van der Waals surface area contributed by atoms with Crippen molar-refractivity contribution in [2.75, 3.05) is 42.7 Å². The van der Waals surface area contributed by atoms with E-state index >= 15 is 0 Å². The number of anilines is 2. The average Bonchev–Trinajstić information content (AvgIpc) is 3.38. The van der Waals surface area contributed by atoms with E-state index in [4.69, 9.17) is 22.6 Å². The van der Waals surface area contributed by atoms with Crippen molar-refractivity contribution in [3.8, 4) is 0 Å². The SMILES string of the molecule is [2H]C1([2H])N(c2nsc3ccccc23)C([2H])([2H])C([2H])([2H])[N+]([O-])(CCc2cc3c(cc2Cl)NC(=O)C3)C1([2H])[2H]. The van der Waals surface area contributed by atoms with Gasteiger partial charge in [-0.2, -0.15) is 4.37 Å². The third kappa shape index (κ3) is 3.59. The highest BCUT2D eigenvalue weighted by Crippen LogP contribution is 2.32. The van der Waals surface area contributed by atoms with Gasteiger partial charge in [-0.05, 0) is 40.9 Å². The molecule has 3 heterocycles. The molecule has 0 spiro atoms. The van der Waals surface area contributed by atoms with E-state index in [1.807, 2.05) is 0 Å². The second kappa shape index (κ2) is 7.25. The molecule has 1 fully saturated rings. The molecule has 150 valence electrons. The molecule has 8 heteroatoms. The number of amides is 1. The molecule has 0 unspecified atom stereocenters. The summed E-state index contributed by atoms with van der Waals surface area (Å²) < 4.78 is 71.3. The number of hydroxylamine groups is 3. The number of piperazine rings is 1. The number of nitrogens with one attached hydrogen (secondary N) is 1. The maximum atomic E-state index is 14.2. The van der Waals surface area contributed by atoms with Crippen LogP contribution in [0.2, 0.25) is 5.02 Å². The van der Waals surface area contributed by atoms with E-state index in [0.29, 0.717) is 31.8 Å². The number of rotatable bonds is 4. The van der Waals surface area contributed by atoms with Crippen molar-refractivity contribution in [3.63, 3.8) is 0 Å². The zero-order valence-electron chi connectivity index (χ0n) is 23.0. The van der Waals surface area contributed by atoms with Gasteiger partial charge in [-0.15, -0.1) is 0 Å². The molecule has 0 atom stereocenters. The Morgan fingerprint density at radius 3 is 2.93 bits per heavy atom. The van der Waals surface area contributed by atoms with E-state index in [1.54, 1.807) is 30.3 Å². The first-order valence-corrected chi connectivity index (χ1v) is 10.1. The van der Waals surface area contributed by atoms with E-state index in [1.165, 1.54) is 6.07 Å². The minimum Gasteiger partial charge on any atom is -0.633 e. The lowest BCUT2D eigenvalue weighted by Gasteiger charge is -2.48. The summed E-state index contributed by atoms with van der Waals surface area (Å²) in [5.74, 6) is -0.524. The summed E-state index contributed by atoms with van der Waals surface area (Å²) in [6, 6.07) is 9.60. The van der Waals surface area contributed by atoms with Crippen LogP contribution in [0.3, 0.4) is 0 Å². The minimum absolute atomic E-state index is 0.0835. The largest absolute Gasteiger partial charge is 0.633 e. The maximum Gasteiger partial charge on any atom is 0.228 e. The Balaban J connectivity index is 1.58.